The molecule has 0 aromatic rings. The molecule has 3 N–H and O–H groups in total. The maximum Gasteiger partial charge on any atom is 0.200 e. The topological polar surface area (TPSA) is 94.8 Å². The summed E-state index contributed by atoms with van der Waals surface area (Å²) in [5, 5.41) is 20.9. The van der Waals surface area contributed by atoms with Gasteiger partial charge in [-0.05, 0) is 43.9 Å². The van der Waals surface area contributed by atoms with Crippen LogP contribution in [0.1, 0.15) is 84.5 Å². The lowest BCUT2D eigenvalue weighted by atomic mass is 9.63. The number of carbonyl (C=O) groups excluding carboxylic acids is 1. The van der Waals surface area contributed by atoms with Gasteiger partial charge in [0.25, 0.3) is 0 Å². The van der Waals surface area contributed by atoms with Gasteiger partial charge in [-0.15, -0.1) is 0 Å². The summed E-state index contributed by atoms with van der Waals surface area (Å²) in [7, 11) is -2.92. The van der Waals surface area contributed by atoms with E-state index in [1.54, 1.807) is 6.92 Å². The minimum absolute atomic E-state index is 0.0736. The molecule has 5 atom stereocenters. The smallest absolute Gasteiger partial charge is 0.200 e. The van der Waals surface area contributed by atoms with Crippen LogP contribution in [0, 0.1) is 17.3 Å². The third-order valence-corrected chi connectivity index (χ3v) is 9.48. The predicted octanol–water partition coefficient (Wildman–Crippen LogP) is 4.68. The number of carbonyl (C=O) groups is 1. The van der Waals surface area contributed by atoms with Gasteiger partial charge in [0.1, 0.15) is 5.78 Å². The monoisotopic (exact) mass is 428 g/mol. The summed E-state index contributed by atoms with van der Waals surface area (Å²) in [6.45, 7) is 3.89. The average molecular weight is 429 g/mol. The molecule has 6 heteroatoms. The normalized spacial score (nSPS) is 29.7. The zero-order valence-corrected chi connectivity index (χ0v) is 19.2. The van der Waals surface area contributed by atoms with Crippen LogP contribution in [-0.2, 0) is 9.36 Å². The summed E-state index contributed by atoms with van der Waals surface area (Å²) >= 11 is 0. The standard InChI is InChI=1S/C23H41O5P/c1-3-23(14-10-15-23)22(26)13-9-12-19-18(20(24)17-21(19)25)11-7-5-6-8-16-29(27,28)4-2/h9,12,18-19,21-22,25-26H,3-8,10-11,13-17H2,1-2H3,(H,27,28)/t18-,19-,21-,22?/m1/s1. The van der Waals surface area contributed by atoms with E-state index in [1.165, 1.54) is 6.42 Å². The van der Waals surface area contributed by atoms with Crippen LogP contribution in [0.15, 0.2) is 12.2 Å². The molecule has 0 aliphatic heterocycles. The van der Waals surface area contributed by atoms with Crippen molar-refractivity contribution >= 4 is 13.2 Å². The Morgan fingerprint density at radius 3 is 2.48 bits per heavy atom. The first-order valence-electron chi connectivity index (χ1n) is 11.6. The molecule has 2 fully saturated rings. The fraction of sp³-hybridized carbons (Fsp3) is 0.870. The zero-order chi connectivity index (χ0) is 21.5. The van der Waals surface area contributed by atoms with Gasteiger partial charge in [-0.3, -0.25) is 9.36 Å². The third kappa shape index (κ3) is 6.75. The fourth-order valence-corrected chi connectivity index (χ4v) is 6.03. The van der Waals surface area contributed by atoms with Gasteiger partial charge in [-0.2, -0.15) is 0 Å². The van der Waals surface area contributed by atoms with Gasteiger partial charge in [-0.1, -0.05) is 51.7 Å². The molecule has 2 aliphatic rings. The number of unbranched alkanes of at least 4 members (excludes halogenated alkanes) is 3. The quantitative estimate of drug-likeness (QED) is 0.225. The fourth-order valence-electron chi connectivity index (χ4n) is 4.99. The molecular formula is C23H41O5P. The first kappa shape index (κ1) is 24.8. The second-order valence-electron chi connectivity index (χ2n) is 9.26. The highest BCUT2D eigenvalue weighted by atomic mass is 31.2. The molecular weight excluding hydrogens is 387 g/mol. The second kappa shape index (κ2) is 11.2. The van der Waals surface area contributed by atoms with E-state index < -0.39 is 13.5 Å². The Kier molecular flexibility index (Phi) is 9.60. The Balaban J connectivity index is 1.76. The van der Waals surface area contributed by atoms with Crippen molar-refractivity contribution in [2.75, 3.05) is 12.3 Å². The van der Waals surface area contributed by atoms with E-state index in [2.05, 4.69) is 6.92 Å². The minimum atomic E-state index is -2.92. The molecule has 0 radical (unpaired) electrons. The molecule has 0 aromatic heterocycles. The van der Waals surface area contributed by atoms with Crippen molar-refractivity contribution in [3.8, 4) is 0 Å². The van der Waals surface area contributed by atoms with Crippen LogP contribution in [0.3, 0.4) is 0 Å². The summed E-state index contributed by atoms with van der Waals surface area (Å²) < 4.78 is 11.7. The van der Waals surface area contributed by atoms with Crippen molar-refractivity contribution in [1.29, 1.82) is 0 Å². The lowest BCUT2D eigenvalue weighted by molar-refractivity contribution is -0.121. The first-order valence-corrected chi connectivity index (χ1v) is 13.6. The lowest BCUT2D eigenvalue weighted by Gasteiger charge is -2.45. The Labute approximate surface area is 176 Å². The Morgan fingerprint density at radius 2 is 1.90 bits per heavy atom. The van der Waals surface area contributed by atoms with E-state index in [1.807, 2.05) is 12.2 Å². The summed E-state index contributed by atoms with van der Waals surface area (Å²) in [6.07, 6.45) is 13.2. The summed E-state index contributed by atoms with van der Waals surface area (Å²) in [4.78, 5) is 21.9. The van der Waals surface area contributed by atoms with Crippen LogP contribution in [0.25, 0.3) is 0 Å². The molecule has 0 spiro atoms. The van der Waals surface area contributed by atoms with Crippen LogP contribution in [-0.4, -0.2) is 45.4 Å². The summed E-state index contributed by atoms with van der Waals surface area (Å²) in [5.41, 5.74) is 0.0736. The highest BCUT2D eigenvalue weighted by molar-refractivity contribution is 7.57. The van der Waals surface area contributed by atoms with Gasteiger partial charge >= 0.3 is 0 Å². The lowest BCUT2D eigenvalue weighted by Crippen LogP contribution is -2.40. The maximum atomic E-state index is 12.3. The van der Waals surface area contributed by atoms with Gasteiger partial charge in [0, 0.05) is 30.6 Å². The predicted molar refractivity (Wildman–Crippen MR) is 117 cm³/mol. The van der Waals surface area contributed by atoms with Gasteiger partial charge < -0.3 is 15.1 Å². The van der Waals surface area contributed by atoms with E-state index in [0.717, 1.165) is 51.4 Å². The number of rotatable bonds is 13. The van der Waals surface area contributed by atoms with Crippen LogP contribution < -0.4 is 0 Å². The number of hydrogen-bond acceptors (Lipinski definition) is 4. The van der Waals surface area contributed by atoms with Crippen molar-refractivity contribution in [3.05, 3.63) is 12.2 Å². The van der Waals surface area contributed by atoms with Gasteiger partial charge in [-0.25, -0.2) is 0 Å². The van der Waals surface area contributed by atoms with Crippen molar-refractivity contribution in [2.45, 2.75) is 96.7 Å². The third-order valence-electron chi connectivity index (χ3n) is 7.48. The highest BCUT2D eigenvalue weighted by Crippen LogP contribution is 2.47. The molecule has 5 nitrogen and oxygen atoms in total. The molecule has 0 aromatic carbocycles. The molecule has 0 saturated heterocycles. The van der Waals surface area contributed by atoms with Crippen LogP contribution >= 0.6 is 7.37 Å². The van der Waals surface area contributed by atoms with E-state index in [4.69, 9.17) is 0 Å². The molecule has 0 amide bonds. The molecule has 0 bridgehead atoms. The number of Topliss-reactive ketones (excluding diaryl/α,β-unsaturated/α-hetero) is 1. The van der Waals surface area contributed by atoms with Crippen molar-refractivity contribution in [3.63, 3.8) is 0 Å². The summed E-state index contributed by atoms with van der Waals surface area (Å²) in [5.74, 6) is -0.143. The molecule has 2 rings (SSSR count). The van der Waals surface area contributed by atoms with Crippen molar-refractivity contribution in [1.82, 2.24) is 0 Å². The Hall–Kier alpha value is -0.480. The van der Waals surface area contributed by atoms with Gasteiger partial charge in [0.15, 0.2) is 7.37 Å². The largest absolute Gasteiger partial charge is 0.392 e. The molecule has 0 heterocycles. The minimum Gasteiger partial charge on any atom is -0.392 e. The maximum absolute atomic E-state index is 12.3. The van der Waals surface area contributed by atoms with E-state index in [-0.39, 0.29) is 35.6 Å². The molecule has 2 aliphatic carbocycles. The molecule has 168 valence electrons. The molecule has 2 saturated carbocycles. The number of aliphatic hydroxyl groups excluding tert-OH is 2. The Morgan fingerprint density at radius 1 is 1.21 bits per heavy atom. The number of hydrogen-bond donors (Lipinski definition) is 3. The van der Waals surface area contributed by atoms with Crippen molar-refractivity contribution in [2.24, 2.45) is 17.3 Å². The van der Waals surface area contributed by atoms with E-state index >= 15 is 0 Å². The zero-order valence-electron chi connectivity index (χ0n) is 18.3. The first-order chi connectivity index (χ1) is 13.7. The Bertz CT molecular complexity index is 593. The molecule has 29 heavy (non-hydrogen) atoms. The van der Waals surface area contributed by atoms with Crippen LogP contribution in [0.5, 0.6) is 0 Å². The SMILES string of the molecule is CCC1(C(O)CC=C[C@H]2[C@H](O)CC(=O)[C@@H]2CCCCCCP(=O)(O)CC)CCC1. The van der Waals surface area contributed by atoms with Crippen LogP contribution in [0.4, 0.5) is 0 Å². The second-order valence-corrected chi connectivity index (χ2v) is 12.0. The van der Waals surface area contributed by atoms with E-state index in [0.29, 0.717) is 18.7 Å². The van der Waals surface area contributed by atoms with Gasteiger partial charge in [0.05, 0.1) is 12.2 Å². The number of ketones is 1. The van der Waals surface area contributed by atoms with Gasteiger partial charge in [0.2, 0.25) is 0 Å². The van der Waals surface area contributed by atoms with Crippen LogP contribution in [0.2, 0.25) is 0 Å². The number of aliphatic hydroxyl groups is 2. The summed E-state index contributed by atoms with van der Waals surface area (Å²) in [6, 6.07) is 0. The van der Waals surface area contributed by atoms with Crippen molar-refractivity contribution < 1.29 is 24.5 Å². The highest BCUT2D eigenvalue weighted by Gasteiger charge is 2.42. The average Bonchev–Trinajstić information content (AvgIpc) is 2.91. The van der Waals surface area contributed by atoms with E-state index in [9.17, 15) is 24.5 Å². The molecule has 2 unspecified atom stereocenters.